The van der Waals surface area contributed by atoms with Gasteiger partial charge in [-0.2, -0.15) is 5.10 Å². The van der Waals surface area contributed by atoms with Crippen LogP contribution in [0.2, 0.25) is 0 Å². The first kappa shape index (κ1) is 16.2. The maximum atomic E-state index is 12.0. The van der Waals surface area contributed by atoms with E-state index in [1.54, 1.807) is 48.5 Å². The van der Waals surface area contributed by atoms with Gasteiger partial charge in [-0.05, 0) is 42.0 Å². The smallest absolute Gasteiger partial charge is 0.308 e. The van der Waals surface area contributed by atoms with Crippen molar-refractivity contribution in [3.05, 3.63) is 59.7 Å². The number of carbonyl (C=O) groups excluding carboxylic acids is 2. The number of benzene rings is 2. The molecule has 0 spiro atoms. The minimum Gasteiger partial charge on any atom is -0.496 e. The van der Waals surface area contributed by atoms with Crippen LogP contribution < -0.4 is 14.9 Å². The molecule has 1 N–H and O–H groups in total. The Balaban J connectivity index is 1.98. The lowest BCUT2D eigenvalue weighted by Gasteiger charge is -2.06. The Morgan fingerprint density at radius 2 is 1.78 bits per heavy atom. The third kappa shape index (κ3) is 4.67. The van der Waals surface area contributed by atoms with Crippen LogP contribution in [0.4, 0.5) is 0 Å². The van der Waals surface area contributed by atoms with E-state index >= 15 is 0 Å². The maximum Gasteiger partial charge on any atom is 0.308 e. The summed E-state index contributed by atoms with van der Waals surface area (Å²) in [4.78, 5) is 22.9. The van der Waals surface area contributed by atoms with Crippen molar-refractivity contribution in [2.45, 2.75) is 6.92 Å². The summed E-state index contributed by atoms with van der Waals surface area (Å²) < 4.78 is 10.0. The number of nitrogens with one attached hydrogen (secondary N) is 1. The SMILES string of the molecule is COc1ccccc1C(=O)N/N=C/c1ccc(OC(C)=O)cc1. The second-order valence-electron chi connectivity index (χ2n) is 4.56. The van der Waals surface area contributed by atoms with Crippen LogP contribution in [-0.2, 0) is 4.79 Å². The second-order valence-corrected chi connectivity index (χ2v) is 4.56. The highest BCUT2D eigenvalue weighted by Gasteiger charge is 2.09. The van der Waals surface area contributed by atoms with Crippen LogP contribution in [0, 0.1) is 0 Å². The van der Waals surface area contributed by atoms with E-state index < -0.39 is 0 Å². The van der Waals surface area contributed by atoms with Crippen LogP contribution in [0.3, 0.4) is 0 Å². The van der Waals surface area contributed by atoms with Crippen molar-refractivity contribution < 1.29 is 19.1 Å². The molecule has 0 aliphatic rings. The number of amides is 1. The van der Waals surface area contributed by atoms with Gasteiger partial charge in [0.05, 0.1) is 18.9 Å². The highest BCUT2D eigenvalue weighted by molar-refractivity contribution is 5.97. The minimum absolute atomic E-state index is 0.366. The zero-order valence-electron chi connectivity index (χ0n) is 12.8. The van der Waals surface area contributed by atoms with E-state index in [-0.39, 0.29) is 11.9 Å². The van der Waals surface area contributed by atoms with Gasteiger partial charge in [0.2, 0.25) is 0 Å². The number of hydrazone groups is 1. The molecule has 2 aromatic rings. The Hall–Kier alpha value is -3.15. The van der Waals surface area contributed by atoms with Gasteiger partial charge in [-0.15, -0.1) is 0 Å². The Bertz CT molecular complexity index is 724. The Morgan fingerprint density at radius 3 is 2.43 bits per heavy atom. The fourth-order valence-corrected chi connectivity index (χ4v) is 1.85. The summed E-state index contributed by atoms with van der Waals surface area (Å²) in [5, 5.41) is 3.90. The predicted molar refractivity (Wildman–Crippen MR) is 85.8 cm³/mol. The van der Waals surface area contributed by atoms with Gasteiger partial charge in [0, 0.05) is 6.92 Å². The van der Waals surface area contributed by atoms with Crippen molar-refractivity contribution in [3.63, 3.8) is 0 Å². The molecular weight excluding hydrogens is 296 g/mol. The maximum absolute atomic E-state index is 12.0. The number of nitrogens with zero attached hydrogens (tertiary/aromatic N) is 1. The highest BCUT2D eigenvalue weighted by Crippen LogP contribution is 2.16. The van der Waals surface area contributed by atoms with Gasteiger partial charge in [0.25, 0.3) is 5.91 Å². The van der Waals surface area contributed by atoms with E-state index in [9.17, 15) is 9.59 Å². The fourth-order valence-electron chi connectivity index (χ4n) is 1.85. The molecule has 0 saturated carbocycles. The first-order valence-electron chi connectivity index (χ1n) is 6.85. The van der Waals surface area contributed by atoms with Crippen LogP contribution in [0.25, 0.3) is 0 Å². The fraction of sp³-hybridized carbons (Fsp3) is 0.118. The number of para-hydroxylation sites is 1. The number of rotatable bonds is 5. The predicted octanol–water partition coefficient (Wildman–Crippen LogP) is 2.38. The van der Waals surface area contributed by atoms with Crippen molar-refractivity contribution in [2.75, 3.05) is 7.11 Å². The van der Waals surface area contributed by atoms with Gasteiger partial charge in [-0.25, -0.2) is 5.43 Å². The Morgan fingerprint density at radius 1 is 1.09 bits per heavy atom. The van der Waals surface area contributed by atoms with Gasteiger partial charge < -0.3 is 9.47 Å². The Kier molecular flexibility index (Phi) is 5.46. The third-order valence-electron chi connectivity index (χ3n) is 2.87. The molecule has 0 fully saturated rings. The van der Waals surface area contributed by atoms with Crippen LogP contribution >= 0.6 is 0 Å². The minimum atomic E-state index is -0.379. The quantitative estimate of drug-likeness (QED) is 0.398. The van der Waals surface area contributed by atoms with Crippen molar-refractivity contribution in [1.82, 2.24) is 5.43 Å². The first-order valence-corrected chi connectivity index (χ1v) is 6.85. The largest absolute Gasteiger partial charge is 0.496 e. The molecule has 0 radical (unpaired) electrons. The normalized spacial score (nSPS) is 10.3. The third-order valence-corrected chi connectivity index (χ3v) is 2.87. The number of carbonyl (C=O) groups is 2. The van der Waals surface area contributed by atoms with E-state index in [1.165, 1.54) is 20.2 Å². The second kappa shape index (κ2) is 7.74. The summed E-state index contributed by atoms with van der Waals surface area (Å²) >= 11 is 0. The molecule has 0 bridgehead atoms. The lowest BCUT2D eigenvalue weighted by atomic mass is 10.2. The van der Waals surface area contributed by atoms with Crippen LogP contribution in [-0.4, -0.2) is 25.2 Å². The van der Waals surface area contributed by atoms with Crippen LogP contribution in [0.5, 0.6) is 11.5 Å². The highest BCUT2D eigenvalue weighted by atomic mass is 16.5. The standard InChI is InChI=1S/C17H16N2O4/c1-12(20)23-14-9-7-13(8-10-14)11-18-19-17(21)15-5-3-4-6-16(15)22-2/h3-11H,1-2H3,(H,19,21)/b18-11+. The zero-order valence-corrected chi connectivity index (χ0v) is 12.8. The number of esters is 1. The summed E-state index contributed by atoms with van der Waals surface area (Å²) in [7, 11) is 1.50. The van der Waals surface area contributed by atoms with Gasteiger partial charge >= 0.3 is 5.97 Å². The van der Waals surface area contributed by atoms with Crippen molar-refractivity contribution in [3.8, 4) is 11.5 Å². The van der Waals surface area contributed by atoms with Crippen molar-refractivity contribution in [2.24, 2.45) is 5.10 Å². The lowest BCUT2D eigenvalue weighted by molar-refractivity contribution is -0.131. The summed E-state index contributed by atoms with van der Waals surface area (Å²) in [6.45, 7) is 1.34. The van der Waals surface area contributed by atoms with Crippen molar-refractivity contribution >= 4 is 18.1 Å². The van der Waals surface area contributed by atoms with Gasteiger partial charge in [-0.3, -0.25) is 9.59 Å². The van der Waals surface area contributed by atoms with E-state index in [2.05, 4.69) is 10.5 Å². The van der Waals surface area contributed by atoms with E-state index in [0.29, 0.717) is 17.1 Å². The molecule has 0 saturated heterocycles. The lowest BCUT2D eigenvalue weighted by Crippen LogP contribution is -2.18. The molecule has 6 nitrogen and oxygen atoms in total. The summed E-state index contributed by atoms with van der Waals surface area (Å²) in [5.41, 5.74) is 3.59. The molecule has 2 aromatic carbocycles. The van der Waals surface area contributed by atoms with Gasteiger partial charge in [0.15, 0.2) is 0 Å². The van der Waals surface area contributed by atoms with Crippen LogP contribution in [0.1, 0.15) is 22.8 Å². The average molecular weight is 312 g/mol. The summed E-state index contributed by atoms with van der Waals surface area (Å²) in [5.74, 6) is 0.185. The molecule has 0 aliphatic carbocycles. The zero-order chi connectivity index (χ0) is 16.7. The number of hydrogen-bond donors (Lipinski definition) is 1. The van der Waals surface area contributed by atoms with Gasteiger partial charge in [-0.1, -0.05) is 12.1 Å². The number of hydrogen-bond acceptors (Lipinski definition) is 5. The summed E-state index contributed by atoms with van der Waals surface area (Å²) in [6.07, 6.45) is 1.49. The molecule has 0 unspecified atom stereocenters. The number of ether oxygens (including phenoxy) is 2. The average Bonchev–Trinajstić information content (AvgIpc) is 2.55. The van der Waals surface area contributed by atoms with E-state index in [1.807, 2.05) is 0 Å². The van der Waals surface area contributed by atoms with Gasteiger partial charge in [0.1, 0.15) is 11.5 Å². The molecule has 0 heterocycles. The number of methoxy groups -OCH3 is 1. The molecule has 0 aliphatic heterocycles. The molecule has 118 valence electrons. The summed E-state index contributed by atoms with van der Waals surface area (Å²) in [6, 6.07) is 13.6. The van der Waals surface area contributed by atoms with E-state index in [4.69, 9.17) is 9.47 Å². The van der Waals surface area contributed by atoms with Crippen LogP contribution in [0.15, 0.2) is 53.6 Å². The monoisotopic (exact) mass is 312 g/mol. The molecule has 1 amide bonds. The first-order chi connectivity index (χ1) is 11.1. The van der Waals surface area contributed by atoms with Crippen molar-refractivity contribution in [1.29, 1.82) is 0 Å². The molecule has 23 heavy (non-hydrogen) atoms. The molecule has 2 rings (SSSR count). The topological polar surface area (TPSA) is 77.0 Å². The van der Waals surface area contributed by atoms with E-state index in [0.717, 1.165) is 5.56 Å². The molecule has 0 aromatic heterocycles. The molecular formula is C17H16N2O4. The molecule has 0 atom stereocenters. The molecule has 6 heteroatoms. The Labute approximate surface area is 133 Å².